The van der Waals surface area contributed by atoms with E-state index in [1.54, 1.807) is 0 Å². The van der Waals surface area contributed by atoms with Crippen molar-refractivity contribution in [3.63, 3.8) is 0 Å². The number of rotatable bonds is 6. The minimum absolute atomic E-state index is 0.0344. The molecule has 0 unspecified atom stereocenters. The molecule has 0 atom stereocenters. The van der Waals surface area contributed by atoms with Crippen LogP contribution in [-0.2, 0) is 4.79 Å². The van der Waals surface area contributed by atoms with Crippen molar-refractivity contribution in [1.82, 2.24) is 5.32 Å². The number of anilines is 1. The highest BCUT2D eigenvalue weighted by Gasteiger charge is 2.09. The van der Waals surface area contributed by atoms with Crippen LogP contribution >= 0.6 is 0 Å². The van der Waals surface area contributed by atoms with Crippen molar-refractivity contribution in [3.8, 4) is 0 Å². The largest absolute Gasteiger partial charge is 0.366 e. The summed E-state index contributed by atoms with van der Waals surface area (Å²) in [7, 11) is 0. The smallest absolute Gasteiger partial charge is 0.248 e. The highest BCUT2D eigenvalue weighted by atomic mass is 19.1. The second-order valence-electron chi connectivity index (χ2n) is 3.71. The Kier molecular flexibility index (Phi) is 5.26. The number of primary amides is 1. The molecule has 1 aromatic carbocycles. The summed E-state index contributed by atoms with van der Waals surface area (Å²) in [4.78, 5) is 22.4. The summed E-state index contributed by atoms with van der Waals surface area (Å²) in [6.07, 6.45) is 0.230. The molecule has 1 rings (SSSR count). The molecule has 0 bridgehead atoms. The molecule has 0 aliphatic carbocycles. The van der Waals surface area contributed by atoms with Crippen LogP contribution < -0.4 is 16.4 Å². The van der Waals surface area contributed by atoms with Crippen molar-refractivity contribution in [2.45, 2.75) is 13.3 Å². The Labute approximate surface area is 105 Å². The third kappa shape index (κ3) is 4.14. The van der Waals surface area contributed by atoms with E-state index < -0.39 is 11.7 Å². The maximum atomic E-state index is 13.4. The van der Waals surface area contributed by atoms with Gasteiger partial charge in [0.25, 0.3) is 0 Å². The monoisotopic (exact) mass is 253 g/mol. The lowest BCUT2D eigenvalue weighted by Crippen LogP contribution is -2.22. The number of carbonyl (C=O) groups is 2. The number of halogens is 1. The first kappa shape index (κ1) is 14.1. The minimum atomic E-state index is -0.668. The fourth-order valence-electron chi connectivity index (χ4n) is 1.37. The first-order chi connectivity index (χ1) is 8.54. The minimum Gasteiger partial charge on any atom is -0.366 e. The van der Waals surface area contributed by atoms with Crippen molar-refractivity contribution in [3.05, 3.63) is 29.6 Å². The van der Waals surface area contributed by atoms with Crippen LogP contribution in [0.15, 0.2) is 18.2 Å². The third-order valence-corrected chi connectivity index (χ3v) is 2.30. The fraction of sp³-hybridized carbons (Fsp3) is 0.333. The van der Waals surface area contributed by atoms with E-state index in [9.17, 15) is 14.0 Å². The van der Waals surface area contributed by atoms with Crippen LogP contribution in [0.2, 0.25) is 0 Å². The van der Waals surface area contributed by atoms with Crippen LogP contribution in [0.1, 0.15) is 23.7 Å². The normalized spacial score (nSPS) is 10.1. The van der Waals surface area contributed by atoms with Gasteiger partial charge in [0.1, 0.15) is 5.82 Å². The van der Waals surface area contributed by atoms with E-state index >= 15 is 0 Å². The SMILES string of the molecule is CCNCCC(=O)Nc1cc(C(N)=O)ccc1F. The molecule has 0 aromatic heterocycles. The van der Waals surface area contributed by atoms with Gasteiger partial charge in [-0.25, -0.2) is 4.39 Å². The average molecular weight is 253 g/mol. The third-order valence-electron chi connectivity index (χ3n) is 2.30. The number of carbonyl (C=O) groups excluding carboxylic acids is 2. The lowest BCUT2D eigenvalue weighted by molar-refractivity contribution is -0.116. The van der Waals surface area contributed by atoms with Gasteiger partial charge in [0.15, 0.2) is 0 Å². The summed E-state index contributed by atoms with van der Waals surface area (Å²) in [6.45, 7) is 3.20. The van der Waals surface area contributed by atoms with Crippen molar-refractivity contribution in [2.24, 2.45) is 5.73 Å². The van der Waals surface area contributed by atoms with Crippen LogP contribution in [0.25, 0.3) is 0 Å². The molecule has 0 fully saturated rings. The van der Waals surface area contributed by atoms with Crippen LogP contribution in [0.5, 0.6) is 0 Å². The maximum Gasteiger partial charge on any atom is 0.248 e. The highest BCUT2D eigenvalue weighted by Crippen LogP contribution is 2.16. The Balaban J connectivity index is 2.68. The zero-order chi connectivity index (χ0) is 13.5. The van der Waals surface area contributed by atoms with Gasteiger partial charge in [-0.15, -0.1) is 0 Å². The first-order valence-corrected chi connectivity index (χ1v) is 5.64. The van der Waals surface area contributed by atoms with E-state index in [-0.39, 0.29) is 23.6 Å². The summed E-state index contributed by atoms with van der Waals surface area (Å²) in [5, 5.41) is 5.38. The number of benzene rings is 1. The van der Waals surface area contributed by atoms with Gasteiger partial charge in [-0.3, -0.25) is 9.59 Å². The van der Waals surface area contributed by atoms with Gasteiger partial charge < -0.3 is 16.4 Å². The average Bonchev–Trinajstić information content (AvgIpc) is 2.32. The Bertz CT molecular complexity index is 449. The molecule has 5 nitrogen and oxygen atoms in total. The second kappa shape index (κ2) is 6.70. The second-order valence-corrected chi connectivity index (χ2v) is 3.71. The zero-order valence-electron chi connectivity index (χ0n) is 10.1. The summed E-state index contributed by atoms with van der Waals surface area (Å²) < 4.78 is 13.4. The summed E-state index contributed by atoms with van der Waals surface area (Å²) >= 11 is 0. The molecule has 1 aromatic rings. The Hall–Kier alpha value is -1.95. The summed E-state index contributed by atoms with van der Waals surface area (Å²) in [6, 6.07) is 3.59. The number of nitrogens with one attached hydrogen (secondary N) is 2. The topological polar surface area (TPSA) is 84.2 Å². The molecule has 0 radical (unpaired) electrons. The Morgan fingerprint density at radius 2 is 2.11 bits per heavy atom. The lowest BCUT2D eigenvalue weighted by Gasteiger charge is -2.07. The van der Waals surface area contributed by atoms with Crippen LogP contribution in [0, 0.1) is 5.82 Å². The number of hydrogen-bond acceptors (Lipinski definition) is 3. The molecule has 0 saturated heterocycles. The molecule has 2 amide bonds. The number of amides is 2. The molecule has 0 aliphatic heterocycles. The number of hydrogen-bond donors (Lipinski definition) is 3. The van der Waals surface area contributed by atoms with Crippen LogP contribution in [0.3, 0.4) is 0 Å². The maximum absolute atomic E-state index is 13.4. The van der Waals surface area contributed by atoms with Crippen molar-refractivity contribution in [2.75, 3.05) is 18.4 Å². The van der Waals surface area contributed by atoms with E-state index in [1.165, 1.54) is 12.1 Å². The summed E-state index contributed by atoms with van der Waals surface area (Å²) in [5.74, 6) is -1.59. The van der Waals surface area contributed by atoms with Crippen LogP contribution in [-0.4, -0.2) is 24.9 Å². The van der Waals surface area contributed by atoms with Gasteiger partial charge >= 0.3 is 0 Å². The van der Waals surface area contributed by atoms with E-state index in [4.69, 9.17) is 5.73 Å². The molecule has 6 heteroatoms. The van der Waals surface area contributed by atoms with Crippen LogP contribution in [0.4, 0.5) is 10.1 Å². The zero-order valence-corrected chi connectivity index (χ0v) is 10.1. The molecule has 0 spiro atoms. The quantitative estimate of drug-likeness (QED) is 0.657. The standard InChI is InChI=1S/C12H16FN3O2/c1-2-15-6-5-11(17)16-10-7-8(12(14)18)3-4-9(10)13/h3-4,7,15H,2,5-6H2,1H3,(H2,14,18)(H,16,17). The molecular formula is C12H16FN3O2. The van der Waals surface area contributed by atoms with E-state index in [2.05, 4.69) is 10.6 Å². The summed E-state index contributed by atoms with van der Waals surface area (Å²) in [5.41, 5.74) is 5.19. The first-order valence-electron chi connectivity index (χ1n) is 5.64. The van der Waals surface area contributed by atoms with Gasteiger partial charge in [-0.1, -0.05) is 6.92 Å². The fourth-order valence-corrected chi connectivity index (χ4v) is 1.37. The van der Waals surface area contributed by atoms with Gasteiger partial charge in [0.05, 0.1) is 5.69 Å². The molecule has 0 heterocycles. The molecule has 4 N–H and O–H groups in total. The van der Waals surface area contributed by atoms with Gasteiger partial charge in [0.2, 0.25) is 11.8 Å². The van der Waals surface area contributed by atoms with Gasteiger partial charge in [-0.05, 0) is 24.7 Å². The van der Waals surface area contributed by atoms with Gasteiger partial charge in [0, 0.05) is 18.5 Å². The Morgan fingerprint density at radius 3 is 2.72 bits per heavy atom. The van der Waals surface area contributed by atoms with Crippen molar-refractivity contribution < 1.29 is 14.0 Å². The molecule has 98 valence electrons. The van der Waals surface area contributed by atoms with Crippen molar-refractivity contribution >= 4 is 17.5 Å². The van der Waals surface area contributed by atoms with E-state index in [1.807, 2.05) is 6.92 Å². The molecule has 0 saturated carbocycles. The molecule has 18 heavy (non-hydrogen) atoms. The highest BCUT2D eigenvalue weighted by molar-refractivity contribution is 5.96. The lowest BCUT2D eigenvalue weighted by atomic mass is 10.2. The van der Waals surface area contributed by atoms with E-state index in [0.717, 1.165) is 12.6 Å². The van der Waals surface area contributed by atoms with Gasteiger partial charge in [-0.2, -0.15) is 0 Å². The predicted molar refractivity (Wildman–Crippen MR) is 66.7 cm³/mol. The van der Waals surface area contributed by atoms with Crippen molar-refractivity contribution in [1.29, 1.82) is 0 Å². The van der Waals surface area contributed by atoms with E-state index in [0.29, 0.717) is 6.54 Å². The molecular weight excluding hydrogens is 237 g/mol. The predicted octanol–water partition coefficient (Wildman–Crippen LogP) is 0.863. The Morgan fingerprint density at radius 1 is 1.39 bits per heavy atom. The number of nitrogens with two attached hydrogens (primary N) is 1. The molecule has 0 aliphatic rings.